The van der Waals surface area contributed by atoms with E-state index in [1.807, 2.05) is 0 Å². The van der Waals surface area contributed by atoms with E-state index in [0.717, 1.165) is 24.2 Å². The van der Waals surface area contributed by atoms with Crippen molar-refractivity contribution < 1.29 is 9.47 Å². The largest absolute Gasteiger partial charge is 0.382 e. The zero-order valence-corrected chi connectivity index (χ0v) is 11.7. The number of anilines is 1. The lowest BCUT2D eigenvalue weighted by Crippen LogP contribution is -2.27. The molecule has 0 aromatic carbocycles. The van der Waals surface area contributed by atoms with Crippen molar-refractivity contribution in [2.75, 3.05) is 32.7 Å². The van der Waals surface area contributed by atoms with Crippen LogP contribution in [0.15, 0.2) is 6.07 Å². The summed E-state index contributed by atoms with van der Waals surface area (Å²) in [6.45, 7) is 1.74. The van der Waals surface area contributed by atoms with Gasteiger partial charge in [0.05, 0.1) is 12.7 Å². The third kappa shape index (κ3) is 3.43. The van der Waals surface area contributed by atoms with Gasteiger partial charge in [-0.05, 0) is 30.9 Å². The van der Waals surface area contributed by atoms with Crippen LogP contribution in [0.25, 0.3) is 0 Å². The lowest BCUT2D eigenvalue weighted by molar-refractivity contribution is 0.0365. The minimum Gasteiger partial charge on any atom is -0.382 e. The quantitative estimate of drug-likeness (QED) is 0.772. The predicted octanol–water partition coefficient (Wildman–Crippen LogP) is 1.10. The minimum absolute atomic E-state index is 0.0191. The Labute approximate surface area is 114 Å². The van der Waals surface area contributed by atoms with E-state index >= 15 is 0 Å². The highest BCUT2D eigenvalue weighted by Gasteiger charge is 2.16. The zero-order chi connectivity index (χ0) is 13.7. The fourth-order valence-electron chi connectivity index (χ4n) is 2.44. The highest BCUT2D eigenvalue weighted by atomic mass is 16.5. The van der Waals surface area contributed by atoms with E-state index in [9.17, 15) is 0 Å². The summed E-state index contributed by atoms with van der Waals surface area (Å²) in [5.41, 5.74) is 9.44. The molecule has 1 heterocycles. The van der Waals surface area contributed by atoms with Gasteiger partial charge < -0.3 is 20.5 Å². The first-order chi connectivity index (χ1) is 9.28. The molecule has 1 aliphatic rings. The maximum absolute atomic E-state index is 5.81. The second-order valence-electron chi connectivity index (χ2n) is 4.85. The molecule has 0 aliphatic heterocycles. The number of hydrogen-bond acceptors (Lipinski definition) is 5. The van der Waals surface area contributed by atoms with Crippen LogP contribution in [0.5, 0.6) is 0 Å². The summed E-state index contributed by atoms with van der Waals surface area (Å²) >= 11 is 0. The summed E-state index contributed by atoms with van der Waals surface area (Å²) in [7, 11) is 3.36. The molecule has 1 aromatic rings. The summed E-state index contributed by atoms with van der Waals surface area (Å²) < 4.78 is 10.4. The molecule has 1 atom stereocenters. The van der Waals surface area contributed by atoms with Crippen LogP contribution in [0.1, 0.15) is 23.2 Å². The fraction of sp³-hybridized carbons (Fsp3) is 0.643. The van der Waals surface area contributed by atoms with Gasteiger partial charge in [0.15, 0.2) is 0 Å². The van der Waals surface area contributed by atoms with Crippen molar-refractivity contribution >= 4 is 5.82 Å². The maximum Gasteiger partial charge on any atom is 0.130 e. The van der Waals surface area contributed by atoms with Crippen molar-refractivity contribution in [3.63, 3.8) is 0 Å². The molecule has 0 saturated carbocycles. The molecule has 5 nitrogen and oxygen atoms in total. The Kier molecular flexibility index (Phi) is 5.13. The first-order valence-corrected chi connectivity index (χ1v) is 6.75. The number of rotatable bonds is 7. The Morgan fingerprint density at radius 2 is 2.26 bits per heavy atom. The molecule has 0 radical (unpaired) electrons. The third-order valence-corrected chi connectivity index (χ3v) is 3.53. The van der Waals surface area contributed by atoms with Crippen molar-refractivity contribution in [2.45, 2.75) is 31.9 Å². The van der Waals surface area contributed by atoms with Crippen molar-refractivity contribution in [2.24, 2.45) is 5.73 Å². The van der Waals surface area contributed by atoms with E-state index in [1.54, 1.807) is 14.2 Å². The topological polar surface area (TPSA) is 69.4 Å². The van der Waals surface area contributed by atoms with Crippen molar-refractivity contribution in [1.82, 2.24) is 4.98 Å². The van der Waals surface area contributed by atoms with Crippen LogP contribution in [0.3, 0.4) is 0 Å². The summed E-state index contributed by atoms with van der Waals surface area (Å²) in [5, 5.41) is 3.33. The molecule has 1 aromatic heterocycles. The first-order valence-electron chi connectivity index (χ1n) is 6.75. The van der Waals surface area contributed by atoms with Crippen LogP contribution in [-0.4, -0.2) is 38.5 Å². The Morgan fingerprint density at radius 1 is 1.42 bits per heavy atom. The second kappa shape index (κ2) is 6.84. The Hall–Kier alpha value is -1.17. The highest BCUT2D eigenvalue weighted by Crippen LogP contribution is 2.25. The van der Waals surface area contributed by atoms with E-state index in [4.69, 9.17) is 20.2 Å². The number of aromatic nitrogens is 1. The number of nitrogens with one attached hydrogen (secondary N) is 1. The molecule has 19 heavy (non-hydrogen) atoms. The normalized spacial score (nSPS) is 15.3. The third-order valence-electron chi connectivity index (χ3n) is 3.53. The molecule has 0 amide bonds. The lowest BCUT2D eigenvalue weighted by atomic mass is 10.1. The molecule has 5 heteroatoms. The molecule has 1 unspecified atom stereocenters. The number of hydrogen-bond donors (Lipinski definition) is 2. The average molecular weight is 265 g/mol. The van der Waals surface area contributed by atoms with Crippen LogP contribution < -0.4 is 11.1 Å². The Bertz CT molecular complexity index is 423. The number of methoxy groups -OCH3 is 2. The monoisotopic (exact) mass is 265 g/mol. The van der Waals surface area contributed by atoms with Crippen LogP contribution in [0, 0.1) is 0 Å². The van der Waals surface area contributed by atoms with Gasteiger partial charge in [0.1, 0.15) is 5.82 Å². The van der Waals surface area contributed by atoms with E-state index in [-0.39, 0.29) is 6.10 Å². The summed E-state index contributed by atoms with van der Waals surface area (Å²) in [6, 6.07) is 2.19. The van der Waals surface area contributed by atoms with Crippen LogP contribution in [-0.2, 0) is 28.9 Å². The Balaban J connectivity index is 2.06. The predicted molar refractivity (Wildman–Crippen MR) is 75.3 cm³/mol. The lowest BCUT2D eigenvalue weighted by Gasteiger charge is -2.17. The van der Waals surface area contributed by atoms with Crippen molar-refractivity contribution in [1.29, 1.82) is 0 Å². The highest BCUT2D eigenvalue weighted by molar-refractivity contribution is 5.48. The van der Waals surface area contributed by atoms with Gasteiger partial charge in [0, 0.05) is 38.6 Å². The maximum atomic E-state index is 5.81. The second-order valence-corrected chi connectivity index (χ2v) is 4.85. The molecule has 0 saturated heterocycles. The molecule has 0 fully saturated rings. The SMILES string of the molecule is COCC(CNc1nc2c(cc1CN)CCC2)OC. The number of nitrogens with two attached hydrogens (primary N) is 1. The number of nitrogens with zero attached hydrogens (tertiary/aromatic N) is 1. The smallest absolute Gasteiger partial charge is 0.130 e. The van der Waals surface area contributed by atoms with Gasteiger partial charge in [-0.3, -0.25) is 0 Å². The summed E-state index contributed by atoms with van der Waals surface area (Å²) in [4.78, 5) is 4.70. The van der Waals surface area contributed by atoms with Crippen molar-refractivity contribution in [3.05, 3.63) is 22.9 Å². The van der Waals surface area contributed by atoms with Crippen molar-refractivity contribution in [3.8, 4) is 0 Å². The average Bonchev–Trinajstić information content (AvgIpc) is 2.89. The molecular weight excluding hydrogens is 242 g/mol. The number of pyridine rings is 1. The molecule has 1 aliphatic carbocycles. The molecule has 0 spiro atoms. The zero-order valence-electron chi connectivity index (χ0n) is 11.7. The number of ether oxygens (including phenoxy) is 2. The first kappa shape index (κ1) is 14.2. The van der Waals surface area contributed by atoms with E-state index in [1.165, 1.54) is 17.7 Å². The van der Waals surface area contributed by atoms with Gasteiger partial charge >= 0.3 is 0 Å². The van der Waals surface area contributed by atoms with Gasteiger partial charge in [0.2, 0.25) is 0 Å². The number of aryl methyl sites for hydroxylation is 2. The molecule has 0 bridgehead atoms. The molecule has 106 valence electrons. The summed E-state index contributed by atoms with van der Waals surface area (Å²) in [6.07, 6.45) is 3.41. The van der Waals surface area contributed by atoms with Crippen LogP contribution >= 0.6 is 0 Å². The van der Waals surface area contributed by atoms with Gasteiger partial charge in [0.25, 0.3) is 0 Å². The van der Waals surface area contributed by atoms with Gasteiger partial charge in [-0.15, -0.1) is 0 Å². The minimum atomic E-state index is 0.0191. The standard InChI is InChI=1S/C14H23N3O2/c1-18-9-12(19-2)8-16-14-11(7-15)6-10-4-3-5-13(10)17-14/h6,12H,3-5,7-9,15H2,1-2H3,(H,16,17). The number of fused-ring (bicyclic) bond motifs is 1. The summed E-state index contributed by atoms with van der Waals surface area (Å²) in [5.74, 6) is 0.890. The van der Waals surface area contributed by atoms with Gasteiger partial charge in [-0.1, -0.05) is 0 Å². The van der Waals surface area contributed by atoms with Crippen LogP contribution in [0.4, 0.5) is 5.82 Å². The van der Waals surface area contributed by atoms with E-state index < -0.39 is 0 Å². The van der Waals surface area contributed by atoms with E-state index in [2.05, 4.69) is 11.4 Å². The Morgan fingerprint density at radius 3 is 2.95 bits per heavy atom. The van der Waals surface area contributed by atoms with Gasteiger partial charge in [-0.2, -0.15) is 0 Å². The molecular formula is C14H23N3O2. The van der Waals surface area contributed by atoms with Gasteiger partial charge in [-0.25, -0.2) is 4.98 Å². The van der Waals surface area contributed by atoms with E-state index in [0.29, 0.717) is 19.7 Å². The molecule has 3 N–H and O–H groups in total. The molecule has 2 rings (SSSR count). The fourth-order valence-corrected chi connectivity index (χ4v) is 2.44. The van der Waals surface area contributed by atoms with Crippen LogP contribution in [0.2, 0.25) is 0 Å².